The van der Waals surface area contributed by atoms with Crippen LogP contribution in [0.25, 0.3) is 0 Å². The average Bonchev–Trinajstić information content (AvgIpc) is 2.59. The number of hydrogen-bond acceptors (Lipinski definition) is 1. The highest BCUT2D eigenvalue weighted by molar-refractivity contribution is 5.15. The van der Waals surface area contributed by atoms with Gasteiger partial charge in [-0.25, -0.2) is 4.39 Å². The van der Waals surface area contributed by atoms with Crippen molar-refractivity contribution in [3.63, 3.8) is 0 Å². The monoisotopic (exact) mass is 350 g/mol. The summed E-state index contributed by atoms with van der Waals surface area (Å²) in [4.78, 5) is 0. The molecule has 2 rings (SSSR count). The Balaban J connectivity index is 1.93. The van der Waals surface area contributed by atoms with Gasteiger partial charge in [-0.3, -0.25) is 0 Å². The van der Waals surface area contributed by atoms with Gasteiger partial charge in [-0.15, -0.1) is 0 Å². The first kappa shape index (κ1) is 20.4. The molecule has 25 heavy (non-hydrogen) atoms. The molecule has 0 aliphatic carbocycles. The van der Waals surface area contributed by atoms with Crippen LogP contribution in [0.5, 0.6) is 0 Å². The van der Waals surface area contributed by atoms with Crippen molar-refractivity contribution >= 4 is 0 Å². The Morgan fingerprint density at radius 3 is 2.68 bits per heavy atom. The maximum absolute atomic E-state index is 13.8. The third kappa shape index (κ3) is 6.07. The molecule has 2 atom stereocenters. The second kappa shape index (κ2) is 9.14. The largest absolute Gasteiger partial charge is 0.375 e. The quantitative estimate of drug-likeness (QED) is 0.643. The van der Waals surface area contributed by atoms with Crippen LogP contribution < -0.4 is 5.32 Å². The van der Waals surface area contributed by atoms with Gasteiger partial charge in [0.05, 0.1) is 12.1 Å². The van der Waals surface area contributed by atoms with Crippen LogP contribution in [0, 0.1) is 17.2 Å². The Kier molecular flexibility index (Phi) is 7.45. The van der Waals surface area contributed by atoms with E-state index in [4.69, 9.17) is 4.74 Å². The molecule has 1 aliphatic rings. The summed E-state index contributed by atoms with van der Waals surface area (Å²) in [6, 6.07) is 7.12. The first-order valence-corrected chi connectivity index (χ1v) is 10.1. The van der Waals surface area contributed by atoms with Crippen molar-refractivity contribution in [1.29, 1.82) is 0 Å². The normalized spacial score (nSPS) is 27.0. The van der Waals surface area contributed by atoms with Gasteiger partial charge in [-0.05, 0) is 50.0 Å². The SMILES string of the molecule is CC[C@@]1(C)C[C@](CC[NH2+]Cc2ccccc2F)(CCC(C)C)CCO1. The van der Waals surface area contributed by atoms with E-state index in [1.165, 1.54) is 25.7 Å². The number of nitrogens with two attached hydrogens (primary N) is 1. The molecule has 1 aromatic rings. The van der Waals surface area contributed by atoms with Crippen LogP contribution in [-0.2, 0) is 11.3 Å². The average molecular weight is 351 g/mol. The zero-order valence-electron chi connectivity index (χ0n) is 16.6. The number of ether oxygens (including phenoxy) is 1. The van der Waals surface area contributed by atoms with E-state index in [-0.39, 0.29) is 11.4 Å². The summed E-state index contributed by atoms with van der Waals surface area (Å²) in [6.07, 6.45) is 7.19. The topological polar surface area (TPSA) is 25.8 Å². The van der Waals surface area contributed by atoms with E-state index in [9.17, 15) is 4.39 Å². The van der Waals surface area contributed by atoms with Crippen LogP contribution in [0.4, 0.5) is 4.39 Å². The van der Waals surface area contributed by atoms with Gasteiger partial charge >= 0.3 is 0 Å². The lowest BCUT2D eigenvalue weighted by atomic mass is 9.67. The molecule has 2 nitrogen and oxygen atoms in total. The molecule has 0 spiro atoms. The highest BCUT2D eigenvalue weighted by Gasteiger charge is 2.42. The van der Waals surface area contributed by atoms with Gasteiger partial charge in [0.15, 0.2) is 0 Å². The summed E-state index contributed by atoms with van der Waals surface area (Å²) >= 11 is 0. The van der Waals surface area contributed by atoms with Crippen LogP contribution in [0.2, 0.25) is 0 Å². The highest BCUT2D eigenvalue weighted by Crippen LogP contribution is 2.46. The first-order valence-electron chi connectivity index (χ1n) is 10.1. The molecule has 1 saturated heterocycles. The zero-order valence-corrected chi connectivity index (χ0v) is 16.6. The molecular formula is C22H37FNO+. The number of quaternary nitrogens is 1. The van der Waals surface area contributed by atoms with Gasteiger partial charge in [0.2, 0.25) is 0 Å². The minimum Gasteiger partial charge on any atom is -0.375 e. The first-order chi connectivity index (χ1) is 11.9. The fourth-order valence-electron chi connectivity index (χ4n) is 4.15. The predicted molar refractivity (Wildman–Crippen MR) is 102 cm³/mol. The molecule has 1 aliphatic heterocycles. The molecule has 0 bridgehead atoms. The van der Waals surface area contributed by atoms with Crippen molar-refractivity contribution in [1.82, 2.24) is 0 Å². The summed E-state index contributed by atoms with van der Waals surface area (Å²) in [6.45, 7) is 11.8. The summed E-state index contributed by atoms with van der Waals surface area (Å²) in [7, 11) is 0. The molecule has 142 valence electrons. The van der Waals surface area contributed by atoms with Gasteiger partial charge in [0.1, 0.15) is 12.4 Å². The minimum absolute atomic E-state index is 0.0285. The summed E-state index contributed by atoms with van der Waals surface area (Å²) < 4.78 is 19.9. The fourth-order valence-corrected chi connectivity index (χ4v) is 4.15. The van der Waals surface area contributed by atoms with Crippen LogP contribution in [0.3, 0.4) is 0 Å². The maximum Gasteiger partial charge on any atom is 0.132 e. The van der Waals surface area contributed by atoms with Crippen LogP contribution in [-0.4, -0.2) is 18.8 Å². The van der Waals surface area contributed by atoms with Crippen LogP contribution in [0.1, 0.15) is 71.8 Å². The number of hydrogen-bond donors (Lipinski definition) is 1. The van der Waals surface area contributed by atoms with Gasteiger partial charge in [-0.1, -0.05) is 45.4 Å². The Morgan fingerprint density at radius 2 is 2.00 bits per heavy atom. The van der Waals surface area contributed by atoms with Crippen molar-refractivity contribution in [3.8, 4) is 0 Å². The molecular weight excluding hydrogens is 313 g/mol. The van der Waals surface area contributed by atoms with Crippen LogP contribution in [0.15, 0.2) is 24.3 Å². The third-order valence-corrected chi connectivity index (χ3v) is 6.03. The summed E-state index contributed by atoms with van der Waals surface area (Å²) in [5.74, 6) is 0.660. The highest BCUT2D eigenvalue weighted by atomic mass is 19.1. The lowest BCUT2D eigenvalue weighted by Gasteiger charge is -2.46. The molecule has 0 saturated carbocycles. The molecule has 0 aromatic heterocycles. The lowest BCUT2D eigenvalue weighted by Crippen LogP contribution is -2.83. The van der Waals surface area contributed by atoms with E-state index in [1.807, 2.05) is 12.1 Å². The molecule has 1 aromatic carbocycles. The number of rotatable bonds is 9. The van der Waals surface area contributed by atoms with E-state index in [0.717, 1.165) is 44.0 Å². The molecule has 1 heterocycles. The Bertz CT molecular complexity index is 533. The Morgan fingerprint density at radius 1 is 1.24 bits per heavy atom. The maximum atomic E-state index is 13.8. The van der Waals surface area contributed by atoms with E-state index >= 15 is 0 Å². The van der Waals surface area contributed by atoms with Gasteiger partial charge in [0.25, 0.3) is 0 Å². The van der Waals surface area contributed by atoms with Crippen molar-refractivity contribution in [2.75, 3.05) is 13.2 Å². The van der Waals surface area contributed by atoms with Gasteiger partial charge < -0.3 is 10.1 Å². The van der Waals surface area contributed by atoms with Crippen molar-refractivity contribution in [3.05, 3.63) is 35.6 Å². The molecule has 0 radical (unpaired) electrons. The molecule has 1 fully saturated rings. The van der Waals surface area contributed by atoms with Gasteiger partial charge in [0, 0.05) is 18.6 Å². The van der Waals surface area contributed by atoms with Crippen LogP contribution >= 0.6 is 0 Å². The second-order valence-electron chi connectivity index (χ2n) is 8.63. The second-order valence-corrected chi connectivity index (χ2v) is 8.63. The number of benzene rings is 1. The minimum atomic E-state index is -0.0853. The van der Waals surface area contributed by atoms with Gasteiger partial charge in [-0.2, -0.15) is 0 Å². The van der Waals surface area contributed by atoms with E-state index < -0.39 is 0 Å². The third-order valence-electron chi connectivity index (χ3n) is 6.03. The van der Waals surface area contributed by atoms with E-state index in [2.05, 4.69) is 33.0 Å². The molecule has 0 unspecified atom stereocenters. The Labute approximate surface area is 153 Å². The smallest absolute Gasteiger partial charge is 0.132 e. The standard InChI is InChI=1S/C22H36FNO/c1-5-21(4)17-22(13-15-25-21,11-10-18(2)3)12-14-24-16-19-8-6-7-9-20(19)23/h6-9,18,24H,5,10-17H2,1-4H3/p+1/t21-,22-/m0/s1. The summed E-state index contributed by atoms with van der Waals surface area (Å²) in [5.41, 5.74) is 1.23. The van der Waals surface area contributed by atoms with Crippen molar-refractivity contribution < 1.29 is 14.4 Å². The molecule has 0 amide bonds. The molecule has 3 heteroatoms. The van der Waals surface area contributed by atoms with Crippen molar-refractivity contribution in [2.45, 2.75) is 78.4 Å². The fraction of sp³-hybridized carbons (Fsp3) is 0.727. The zero-order chi connectivity index (χ0) is 18.3. The summed E-state index contributed by atoms with van der Waals surface area (Å²) in [5, 5.41) is 2.27. The Hall–Kier alpha value is -0.930. The lowest BCUT2D eigenvalue weighted by molar-refractivity contribution is -0.672. The predicted octanol–water partition coefficient (Wildman–Crippen LogP) is 4.68. The van der Waals surface area contributed by atoms with E-state index in [0.29, 0.717) is 5.41 Å². The van der Waals surface area contributed by atoms with E-state index in [1.54, 1.807) is 12.1 Å². The number of halogens is 1. The van der Waals surface area contributed by atoms with Crippen molar-refractivity contribution in [2.24, 2.45) is 11.3 Å². The molecule has 2 N–H and O–H groups in total.